The third kappa shape index (κ3) is 5.20. The Balaban J connectivity index is 0.00000261. The molecule has 27 heavy (non-hydrogen) atoms. The Morgan fingerprint density at radius 1 is 1.22 bits per heavy atom. The molecule has 2 fully saturated rings. The van der Waals surface area contributed by atoms with E-state index in [1.54, 1.807) is 4.31 Å². The lowest BCUT2D eigenvalue weighted by molar-refractivity contribution is -0.135. The van der Waals surface area contributed by atoms with Crippen molar-refractivity contribution in [2.45, 2.75) is 32.4 Å². The molecule has 2 aliphatic heterocycles. The first-order valence-electron chi connectivity index (χ1n) is 9.31. The number of piperazine rings is 1. The van der Waals surface area contributed by atoms with E-state index in [1.807, 2.05) is 42.2 Å². The molecule has 0 saturated carbocycles. The van der Waals surface area contributed by atoms with Gasteiger partial charge in [0.25, 0.3) is 10.2 Å². The zero-order valence-corrected chi connectivity index (χ0v) is 17.3. The summed E-state index contributed by atoms with van der Waals surface area (Å²) < 4.78 is 29.4. The van der Waals surface area contributed by atoms with Gasteiger partial charge in [-0.3, -0.25) is 4.79 Å². The van der Waals surface area contributed by atoms with Crippen molar-refractivity contribution in [1.29, 1.82) is 0 Å². The topological polar surface area (TPSA) is 73.0 Å². The van der Waals surface area contributed by atoms with Crippen molar-refractivity contribution < 1.29 is 13.2 Å². The molecule has 2 heterocycles. The van der Waals surface area contributed by atoms with Crippen LogP contribution >= 0.6 is 12.4 Å². The van der Waals surface area contributed by atoms with E-state index in [1.165, 1.54) is 4.31 Å². The highest BCUT2D eigenvalue weighted by atomic mass is 35.5. The Morgan fingerprint density at radius 2 is 1.96 bits per heavy atom. The van der Waals surface area contributed by atoms with Gasteiger partial charge in [0.2, 0.25) is 5.91 Å². The van der Waals surface area contributed by atoms with Gasteiger partial charge in [-0.2, -0.15) is 17.0 Å². The highest BCUT2D eigenvalue weighted by Crippen LogP contribution is 2.22. The summed E-state index contributed by atoms with van der Waals surface area (Å²) in [4.78, 5) is 14.0. The van der Waals surface area contributed by atoms with Crippen LogP contribution in [0.2, 0.25) is 0 Å². The largest absolute Gasteiger partial charge is 0.336 e. The Morgan fingerprint density at radius 3 is 2.63 bits per heavy atom. The van der Waals surface area contributed by atoms with E-state index in [2.05, 4.69) is 5.32 Å². The van der Waals surface area contributed by atoms with Crippen molar-refractivity contribution >= 4 is 28.5 Å². The Hall–Kier alpha value is -1.19. The van der Waals surface area contributed by atoms with E-state index < -0.39 is 10.2 Å². The Kier molecular flexibility index (Phi) is 8.05. The maximum Gasteiger partial charge on any atom is 0.282 e. The van der Waals surface area contributed by atoms with Gasteiger partial charge >= 0.3 is 0 Å². The molecule has 0 aliphatic carbocycles. The van der Waals surface area contributed by atoms with E-state index in [9.17, 15) is 13.2 Å². The Bertz CT molecular complexity index is 717. The minimum atomic E-state index is -3.55. The number of rotatable bonds is 6. The molecule has 0 bridgehead atoms. The number of nitrogens with one attached hydrogen (secondary N) is 1. The third-order valence-electron chi connectivity index (χ3n) is 5.13. The fourth-order valence-electron chi connectivity index (χ4n) is 3.70. The molecule has 0 aromatic heterocycles. The quantitative estimate of drug-likeness (QED) is 0.752. The summed E-state index contributed by atoms with van der Waals surface area (Å²) in [7, 11) is -3.55. The van der Waals surface area contributed by atoms with E-state index in [0.29, 0.717) is 39.3 Å². The fourth-order valence-corrected chi connectivity index (χ4v) is 5.38. The second kappa shape index (κ2) is 9.84. The maximum absolute atomic E-state index is 13.2. The minimum Gasteiger partial charge on any atom is -0.336 e. The predicted molar refractivity (Wildman–Crippen MR) is 108 cm³/mol. The third-order valence-corrected chi connectivity index (χ3v) is 7.16. The van der Waals surface area contributed by atoms with Crippen LogP contribution in [0, 0.1) is 0 Å². The minimum absolute atomic E-state index is 0. The number of benzene rings is 1. The van der Waals surface area contributed by atoms with Crippen molar-refractivity contribution in [3.63, 3.8) is 0 Å². The van der Waals surface area contributed by atoms with Gasteiger partial charge < -0.3 is 10.2 Å². The van der Waals surface area contributed by atoms with Crippen LogP contribution in [-0.2, 0) is 21.5 Å². The lowest BCUT2D eigenvalue weighted by Crippen LogP contribution is -2.58. The molecule has 1 unspecified atom stereocenters. The average molecular weight is 417 g/mol. The van der Waals surface area contributed by atoms with Crippen molar-refractivity contribution in [2.75, 3.05) is 39.3 Å². The molecule has 1 aromatic carbocycles. The lowest BCUT2D eigenvalue weighted by atomic mass is 10.1. The number of hydrogen-bond acceptors (Lipinski definition) is 4. The molecule has 0 radical (unpaired) electrons. The second-order valence-electron chi connectivity index (χ2n) is 6.84. The predicted octanol–water partition coefficient (Wildman–Crippen LogP) is 1.07. The molecule has 3 rings (SSSR count). The molecular formula is C18H29ClN4O3S. The zero-order valence-electron chi connectivity index (χ0n) is 15.7. The van der Waals surface area contributed by atoms with Crippen LogP contribution in [0.25, 0.3) is 0 Å². The van der Waals surface area contributed by atoms with Crippen LogP contribution in [0.15, 0.2) is 30.3 Å². The number of carbonyl (C=O) groups excluding carboxylic acids is 1. The summed E-state index contributed by atoms with van der Waals surface area (Å²) in [5.74, 6) is 0.0668. The van der Waals surface area contributed by atoms with Crippen molar-refractivity contribution in [1.82, 2.24) is 18.8 Å². The summed E-state index contributed by atoms with van der Waals surface area (Å²) in [5.41, 5.74) is 0.976. The first-order valence-corrected chi connectivity index (χ1v) is 10.7. The first-order chi connectivity index (χ1) is 12.5. The van der Waals surface area contributed by atoms with Crippen LogP contribution < -0.4 is 5.32 Å². The van der Waals surface area contributed by atoms with E-state index in [-0.39, 0.29) is 24.4 Å². The number of piperidine rings is 1. The lowest BCUT2D eigenvalue weighted by Gasteiger charge is -2.41. The van der Waals surface area contributed by atoms with E-state index >= 15 is 0 Å². The van der Waals surface area contributed by atoms with Crippen molar-refractivity contribution in [3.8, 4) is 0 Å². The molecule has 7 nitrogen and oxygen atoms in total. The van der Waals surface area contributed by atoms with Gasteiger partial charge in [-0.1, -0.05) is 37.3 Å². The van der Waals surface area contributed by atoms with Gasteiger partial charge in [0, 0.05) is 45.3 Å². The van der Waals surface area contributed by atoms with Crippen molar-refractivity contribution in [3.05, 3.63) is 35.9 Å². The molecule has 2 saturated heterocycles. The number of nitrogens with zero attached hydrogens (tertiary/aromatic N) is 3. The van der Waals surface area contributed by atoms with Crippen LogP contribution in [-0.4, -0.2) is 73.1 Å². The number of hydrogen-bond donors (Lipinski definition) is 1. The summed E-state index contributed by atoms with van der Waals surface area (Å²) in [5, 5.41) is 3.07. The molecule has 0 spiro atoms. The molecule has 152 valence electrons. The van der Waals surface area contributed by atoms with Gasteiger partial charge in [0.05, 0.1) is 6.54 Å². The number of carbonyl (C=O) groups is 1. The highest BCUT2D eigenvalue weighted by Gasteiger charge is 2.36. The molecule has 1 N–H and O–H groups in total. The number of halogens is 1. The zero-order chi connectivity index (χ0) is 18.6. The van der Waals surface area contributed by atoms with Gasteiger partial charge in [-0.25, -0.2) is 0 Å². The SMILES string of the molecule is CCN(Cc1ccccc1)S(=O)(=O)N1CCCC(N2CCNCC2=O)C1.Cl. The monoisotopic (exact) mass is 416 g/mol. The Labute approximate surface area is 168 Å². The summed E-state index contributed by atoms with van der Waals surface area (Å²) in [6.07, 6.45) is 1.65. The van der Waals surface area contributed by atoms with Gasteiger partial charge in [-0.05, 0) is 18.4 Å². The van der Waals surface area contributed by atoms with Gasteiger partial charge in [0.15, 0.2) is 0 Å². The molecule has 2 aliphatic rings. The molecular weight excluding hydrogens is 388 g/mol. The standard InChI is InChI=1S/C18H28N4O3S.ClH/c1-2-20(14-16-7-4-3-5-8-16)26(24,25)21-11-6-9-17(15-21)22-12-10-19-13-18(22)23;/h3-5,7-8,17,19H,2,6,9-15H2,1H3;1H. The van der Waals surface area contributed by atoms with Crippen molar-refractivity contribution in [2.24, 2.45) is 0 Å². The van der Waals surface area contributed by atoms with E-state index in [4.69, 9.17) is 0 Å². The normalized spacial score (nSPS) is 21.9. The highest BCUT2D eigenvalue weighted by molar-refractivity contribution is 7.86. The molecule has 1 aromatic rings. The van der Waals surface area contributed by atoms with Gasteiger partial charge in [-0.15, -0.1) is 12.4 Å². The van der Waals surface area contributed by atoms with Crippen LogP contribution in [0.3, 0.4) is 0 Å². The smallest absolute Gasteiger partial charge is 0.282 e. The van der Waals surface area contributed by atoms with E-state index in [0.717, 1.165) is 24.9 Å². The van der Waals surface area contributed by atoms with Crippen LogP contribution in [0.4, 0.5) is 0 Å². The number of amides is 1. The summed E-state index contributed by atoms with van der Waals surface area (Å²) >= 11 is 0. The second-order valence-corrected chi connectivity index (χ2v) is 8.77. The fraction of sp³-hybridized carbons (Fsp3) is 0.611. The maximum atomic E-state index is 13.2. The van der Waals surface area contributed by atoms with Crippen LogP contribution in [0.5, 0.6) is 0 Å². The van der Waals surface area contributed by atoms with Crippen LogP contribution in [0.1, 0.15) is 25.3 Å². The molecule has 1 atom stereocenters. The average Bonchev–Trinajstić information content (AvgIpc) is 2.67. The molecule has 1 amide bonds. The molecule has 9 heteroatoms. The van der Waals surface area contributed by atoms with Gasteiger partial charge in [0.1, 0.15) is 0 Å². The summed E-state index contributed by atoms with van der Waals surface area (Å²) in [6.45, 7) is 5.32. The first kappa shape index (κ1) is 22.1. The summed E-state index contributed by atoms with van der Waals surface area (Å²) in [6, 6.07) is 9.62.